The number of thioether (sulfide) groups is 1. The second kappa shape index (κ2) is 7.34. The lowest BCUT2D eigenvalue weighted by Gasteiger charge is -2.09. The van der Waals surface area contributed by atoms with Crippen LogP contribution in [-0.4, -0.2) is 23.3 Å². The smallest absolute Gasteiger partial charge is 0.169 e. The summed E-state index contributed by atoms with van der Waals surface area (Å²) in [6.45, 7) is 1.29. The van der Waals surface area contributed by atoms with E-state index in [9.17, 15) is 4.39 Å². The minimum atomic E-state index is -0.287. The number of fused-ring (bicyclic) bond motifs is 1. The second-order valence-electron chi connectivity index (χ2n) is 5.02. The molecule has 3 nitrogen and oxygen atoms in total. The Morgan fingerprint density at radius 2 is 2.04 bits per heavy atom. The Morgan fingerprint density at radius 3 is 2.83 bits per heavy atom. The zero-order valence-corrected chi connectivity index (χ0v) is 14.2. The van der Waals surface area contributed by atoms with Gasteiger partial charge in [0.1, 0.15) is 5.82 Å². The summed E-state index contributed by atoms with van der Waals surface area (Å²) in [5.41, 5.74) is 2.47. The van der Waals surface area contributed by atoms with Crippen molar-refractivity contribution in [3.8, 4) is 0 Å². The molecular weight excluding hydrogens is 335 g/mol. The van der Waals surface area contributed by atoms with Gasteiger partial charge in [-0.1, -0.05) is 41.6 Å². The summed E-state index contributed by atoms with van der Waals surface area (Å²) in [5.74, 6) is 0.145. The highest BCUT2D eigenvalue weighted by Gasteiger charge is 2.13. The van der Waals surface area contributed by atoms with Gasteiger partial charge in [0, 0.05) is 30.0 Å². The van der Waals surface area contributed by atoms with Crippen molar-refractivity contribution in [2.24, 2.45) is 0 Å². The molecule has 0 saturated carbocycles. The molecule has 0 radical (unpaired) electrons. The van der Waals surface area contributed by atoms with E-state index in [1.54, 1.807) is 19.2 Å². The molecule has 2 aromatic carbocycles. The molecule has 0 amide bonds. The van der Waals surface area contributed by atoms with Crippen molar-refractivity contribution in [3.63, 3.8) is 0 Å². The lowest BCUT2D eigenvalue weighted by Crippen LogP contribution is -2.05. The molecule has 0 saturated heterocycles. The molecule has 0 spiro atoms. The summed E-state index contributed by atoms with van der Waals surface area (Å²) in [6, 6.07) is 12.7. The predicted molar refractivity (Wildman–Crippen MR) is 92.6 cm³/mol. The van der Waals surface area contributed by atoms with E-state index in [-0.39, 0.29) is 5.82 Å². The largest absolute Gasteiger partial charge is 0.383 e. The fourth-order valence-corrected chi connectivity index (χ4v) is 3.75. The number of benzene rings is 2. The number of halogens is 2. The number of hydrogen-bond donors (Lipinski definition) is 0. The first-order chi connectivity index (χ1) is 11.2. The minimum Gasteiger partial charge on any atom is -0.383 e. The zero-order chi connectivity index (χ0) is 16.2. The molecule has 0 unspecified atom stereocenters. The summed E-state index contributed by atoms with van der Waals surface area (Å²) >= 11 is 7.57. The molecule has 0 bridgehead atoms. The van der Waals surface area contributed by atoms with Gasteiger partial charge in [0.15, 0.2) is 5.16 Å². The molecule has 6 heteroatoms. The van der Waals surface area contributed by atoms with Crippen LogP contribution in [0.15, 0.2) is 47.6 Å². The number of rotatable bonds is 6. The molecule has 1 aromatic heterocycles. The maximum atomic E-state index is 13.9. The van der Waals surface area contributed by atoms with E-state index in [0.29, 0.717) is 29.5 Å². The summed E-state index contributed by atoms with van der Waals surface area (Å²) in [5, 5.41) is 1.28. The lowest BCUT2D eigenvalue weighted by atomic mass is 10.2. The number of para-hydroxylation sites is 2. The van der Waals surface area contributed by atoms with Gasteiger partial charge in [0.2, 0.25) is 0 Å². The van der Waals surface area contributed by atoms with Gasteiger partial charge in [0.05, 0.1) is 17.6 Å². The molecule has 0 fully saturated rings. The maximum absolute atomic E-state index is 13.9. The van der Waals surface area contributed by atoms with Crippen LogP contribution in [0, 0.1) is 5.82 Å². The van der Waals surface area contributed by atoms with E-state index >= 15 is 0 Å². The van der Waals surface area contributed by atoms with Crippen molar-refractivity contribution in [1.82, 2.24) is 9.55 Å². The van der Waals surface area contributed by atoms with Gasteiger partial charge in [-0.15, -0.1) is 0 Å². The normalized spacial score (nSPS) is 11.3. The van der Waals surface area contributed by atoms with Gasteiger partial charge in [-0.05, 0) is 24.3 Å². The average Bonchev–Trinajstić information content (AvgIpc) is 2.90. The topological polar surface area (TPSA) is 27.1 Å². The number of ether oxygens (including phenoxy) is 1. The van der Waals surface area contributed by atoms with Crippen LogP contribution in [0.5, 0.6) is 0 Å². The van der Waals surface area contributed by atoms with Crippen LogP contribution in [0.1, 0.15) is 5.56 Å². The Bertz CT molecular complexity index is 801. The van der Waals surface area contributed by atoms with Crippen LogP contribution < -0.4 is 0 Å². The molecule has 0 N–H and O–H groups in total. The monoisotopic (exact) mass is 350 g/mol. The Morgan fingerprint density at radius 1 is 1.22 bits per heavy atom. The summed E-state index contributed by atoms with van der Waals surface area (Å²) in [6.07, 6.45) is 0. The molecule has 3 rings (SSSR count). The molecule has 23 heavy (non-hydrogen) atoms. The highest BCUT2D eigenvalue weighted by molar-refractivity contribution is 7.98. The molecule has 3 aromatic rings. The van der Waals surface area contributed by atoms with Crippen LogP contribution in [-0.2, 0) is 17.0 Å². The van der Waals surface area contributed by atoms with Crippen LogP contribution in [0.25, 0.3) is 11.0 Å². The van der Waals surface area contributed by atoms with E-state index < -0.39 is 0 Å². The number of nitrogens with zero attached hydrogens (tertiary/aromatic N) is 2. The first kappa shape index (κ1) is 16.3. The molecule has 0 aliphatic rings. The molecule has 120 valence electrons. The van der Waals surface area contributed by atoms with E-state index in [2.05, 4.69) is 9.55 Å². The fraction of sp³-hybridized carbons (Fsp3) is 0.235. The Balaban J connectivity index is 1.90. The van der Waals surface area contributed by atoms with Crippen LogP contribution in [0.2, 0.25) is 5.02 Å². The number of aromatic nitrogens is 2. The van der Waals surface area contributed by atoms with Crippen molar-refractivity contribution in [2.45, 2.75) is 17.5 Å². The van der Waals surface area contributed by atoms with Crippen LogP contribution in [0.3, 0.4) is 0 Å². The van der Waals surface area contributed by atoms with Crippen molar-refractivity contribution in [1.29, 1.82) is 0 Å². The van der Waals surface area contributed by atoms with Crippen molar-refractivity contribution in [3.05, 3.63) is 58.9 Å². The third-order valence-electron chi connectivity index (χ3n) is 3.55. The summed E-state index contributed by atoms with van der Waals surface area (Å²) < 4.78 is 21.2. The zero-order valence-electron chi connectivity index (χ0n) is 12.6. The van der Waals surface area contributed by atoms with E-state index in [4.69, 9.17) is 16.3 Å². The lowest BCUT2D eigenvalue weighted by molar-refractivity contribution is 0.186. The van der Waals surface area contributed by atoms with Gasteiger partial charge in [-0.25, -0.2) is 9.37 Å². The molecule has 0 aliphatic carbocycles. The van der Waals surface area contributed by atoms with Gasteiger partial charge >= 0.3 is 0 Å². The van der Waals surface area contributed by atoms with Crippen molar-refractivity contribution < 1.29 is 9.13 Å². The van der Waals surface area contributed by atoms with Gasteiger partial charge < -0.3 is 9.30 Å². The van der Waals surface area contributed by atoms with Crippen LogP contribution in [0.4, 0.5) is 4.39 Å². The quantitative estimate of drug-likeness (QED) is 0.599. The standard InChI is InChI=1S/C17H16ClFN2OS/c1-22-10-9-21-16-8-3-2-7-15(16)20-17(21)23-11-12-13(18)5-4-6-14(12)19/h2-8H,9-11H2,1H3. The van der Waals surface area contributed by atoms with E-state index in [1.807, 2.05) is 24.3 Å². The Kier molecular flexibility index (Phi) is 5.20. The van der Waals surface area contributed by atoms with Crippen LogP contribution >= 0.6 is 23.4 Å². The van der Waals surface area contributed by atoms with Gasteiger partial charge in [0.25, 0.3) is 0 Å². The van der Waals surface area contributed by atoms with Crippen molar-refractivity contribution in [2.75, 3.05) is 13.7 Å². The first-order valence-corrected chi connectivity index (χ1v) is 8.57. The van der Waals surface area contributed by atoms with E-state index in [1.165, 1.54) is 17.8 Å². The number of hydrogen-bond acceptors (Lipinski definition) is 3. The van der Waals surface area contributed by atoms with E-state index in [0.717, 1.165) is 16.2 Å². The SMILES string of the molecule is COCCn1c(SCc2c(F)cccc2Cl)nc2ccccc21. The second-order valence-corrected chi connectivity index (χ2v) is 6.37. The highest BCUT2D eigenvalue weighted by atomic mass is 35.5. The summed E-state index contributed by atoms with van der Waals surface area (Å²) in [7, 11) is 1.67. The molecular formula is C17H16ClFN2OS. The average molecular weight is 351 g/mol. The highest BCUT2D eigenvalue weighted by Crippen LogP contribution is 2.30. The van der Waals surface area contributed by atoms with Crippen molar-refractivity contribution >= 4 is 34.4 Å². The predicted octanol–water partition coefficient (Wildman–Crippen LogP) is 4.77. The third kappa shape index (κ3) is 3.52. The Hall–Kier alpha value is -1.56. The first-order valence-electron chi connectivity index (χ1n) is 7.20. The minimum absolute atomic E-state index is 0.287. The third-order valence-corrected chi connectivity index (χ3v) is 4.90. The maximum Gasteiger partial charge on any atom is 0.169 e. The number of methoxy groups -OCH3 is 1. The molecule has 1 heterocycles. The summed E-state index contributed by atoms with van der Waals surface area (Å²) in [4.78, 5) is 4.64. The Labute approximate surface area is 143 Å². The van der Waals surface area contributed by atoms with Gasteiger partial charge in [-0.3, -0.25) is 0 Å². The van der Waals surface area contributed by atoms with Gasteiger partial charge in [-0.2, -0.15) is 0 Å². The number of imidazole rings is 1. The molecule has 0 aliphatic heterocycles. The fourth-order valence-electron chi connectivity index (χ4n) is 2.37. The molecule has 0 atom stereocenters.